The second-order valence-corrected chi connectivity index (χ2v) is 4.06. The fraction of sp³-hybridized carbons (Fsp3) is 0.222. The van der Waals surface area contributed by atoms with Crippen molar-refractivity contribution in [3.63, 3.8) is 0 Å². The minimum atomic E-state index is 0. The molecule has 3 heteroatoms. The van der Waals surface area contributed by atoms with Gasteiger partial charge in [0.15, 0.2) is 0 Å². The number of hydrogen-bond acceptors (Lipinski definition) is 0. The Bertz CT molecular complexity index is 395. The fourth-order valence-corrected chi connectivity index (χ4v) is 1.51. The minimum absolute atomic E-state index is 0. The summed E-state index contributed by atoms with van der Waals surface area (Å²) in [5.74, 6) is 0. The fourth-order valence-electron chi connectivity index (χ4n) is 1.51. The first kappa shape index (κ1) is 25.6. The summed E-state index contributed by atoms with van der Waals surface area (Å²) in [4.78, 5) is 0. The number of hydrogen-bond donors (Lipinski definition) is 0. The predicted molar refractivity (Wildman–Crippen MR) is 82.7 cm³/mol. The van der Waals surface area contributed by atoms with Gasteiger partial charge in [0.05, 0.1) is 0 Å². The molecule has 0 amide bonds. The van der Waals surface area contributed by atoms with Crippen LogP contribution in [-0.4, -0.2) is 0 Å². The van der Waals surface area contributed by atoms with Gasteiger partial charge in [-0.3, -0.25) is 0 Å². The van der Waals surface area contributed by atoms with Gasteiger partial charge in [-0.1, -0.05) is 26.0 Å². The minimum Gasteiger partial charge on any atom is -1.00 e. The molecule has 2 aromatic carbocycles. The van der Waals surface area contributed by atoms with Crippen molar-refractivity contribution in [3.8, 4) is 0 Å². The van der Waals surface area contributed by atoms with Gasteiger partial charge in [-0.25, -0.2) is 12.1 Å². The van der Waals surface area contributed by atoms with Crippen molar-refractivity contribution in [2.75, 3.05) is 0 Å². The molecule has 0 atom stereocenters. The Morgan fingerprint density at radius 1 is 0.810 bits per heavy atom. The molecule has 0 heterocycles. The van der Waals surface area contributed by atoms with Crippen molar-refractivity contribution >= 4 is 12.2 Å². The number of rotatable bonds is 4. The maximum absolute atomic E-state index is 2.16. The van der Waals surface area contributed by atoms with Crippen LogP contribution in [-0.2, 0) is 25.8 Å². The average Bonchev–Trinajstić information content (AvgIpc) is 3.07. The SMILES string of the molecule is CCC=Cc1cc[cH-]c1.CCC=Cc1cc[cH-]c1.[Cl-].[Cl-].[Hf+4]. The van der Waals surface area contributed by atoms with Crippen molar-refractivity contribution in [2.45, 2.75) is 26.7 Å². The zero-order chi connectivity index (χ0) is 13.1. The van der Waals surface area contributed by atoms with Crippen LogP contribution in [0, 0.1) is 0 Å². The van der Waals surface area contributed by atoms with Crippen LogP contribution in [0.2, 0.25) is 0 Å². The van der Waals surface area contributed by atoms with Gasteiger partial charge in [0.2, 0.25) is 0 Å². The van der Waals surface area contributed by atoms with Crippen LogP contribution in [0.5, 0.6) is 0 Å². The first-order valence-corrected chi connectivity index (χ1v) is 6.63. The topological polar surface area (TPSA) is 0 Å². The zero-order valence-corrected chi connectivity index (χ0v) is 17.7. The summed E-state index contributed by atoms with van der Waals surface area (Å²) in [6, 6.07) is 16.6. The summed E-state index contributed by atoms with van der Waals surface area (Å²) in [7, 11) is 0. The molecule has 112 valence electrons. The van der Waals surface area contributed by atoms with Crippen LogP contribution in [0.4, 0.5) is 0 Å². The van der Waals surface area contributed by atoms with E-state index in [2.05, 4.69) is 86.7 Å². The van der Waals surface area contributed by atoms with Crippen molar-refractivity contribution in [1.29, 1.82) is 0 Å². The van der Waals surface area contributed by atoms with Gasteiger partial charge in [-0.05, 0) is 12.8 Å². The first-order valence-electron chi connectivity index (χ1n) is 6.63. The molecule has 2 aromatic rings. The van der Waals surface area contributed by atoms with E-state index in [-0.39, 0.29) is 50.7 Å². The van der Waals surface area contributed by atoms with Crippen LogP contribution in [0.25, 0.3) is 12.2 Å². The molecule has 2 rings (SSSR count). The maximum Gasteiger partial charge on any atom is 4.00 e. The quantitative estimate of drug-likeness (QED) is 0.409. The molecule has 21 heavy (non-hydrogen) atoms. The number of allylic oxidation sites excluding steroid dienone is 2. The normalized spacial score (nSPS) is 9.24. The van der Waals surface area contributed by atoms with Gasteiger partial charge < -0.3 is 24.8 Å². The van der Waals surface area contributed by atoms with Gasteiger partial charge in [-0.2, -0.15) is 47.5 Å². The Morgan fingerprint density at radius 3 is 1.43 bits per heavy atom. The molecule has 0 aliphatic rings. The van der Waals surface area contributed by atoms with E-state index in [9.17, 15) is 0 Å². The Labute approximate surface area is 160 Å². The predicted octanol–water partition coefficient (Wildman–Crippen LogP) is -0.337. The smallest absolute Gasteiger partial charge is 1.00 e. The van der Waals surface area contributed by atoms with Crippen LogP contribution in [0.15, 0.2) is 60.7 Å². The summed E-state index contributed by atoms with van der Waals surface area (Å²) in [5.41, 5.74) is 2.61. The molecular weight excluding hydrogens is 466 g/mol. The van der Waals surface area contributed by atoms with E-state index in [1.807, 2.05) is 0 Å². The average molecular weight is 488 g/mol. The van der Waals surface area contributed by atoms with E-state index in [1.165, 1.54) is 11.1 Å². The Kier molecular flexibility index (Phi) is 21.5. The van der Waals surface area contributed by atoms with E-state index in [1.54, 1.807) is 0 Å². The summed E-state index contributed by atoms with van der Waals surface area (Å²) in [6.07, 6.45) is 10.8. The molecule has 0 saturated carbocycles. The van der Waals surface area contributed by atoms with Crippen LogP contribution >= 0.6 is 0 Å². The molecule has 0 N–H and O–H groups in total. The van der Waals surface area contributed by atoms with E-state index in [0.717, 1.165) is 12.8 Å². The molecular formula is C18H22Cl2Hf. The molecule has 0 spiro atoms. The standard InChI is InChI=1S/2C9H11.2ClH.Hf/c2*1-2-3-6-9-7-4-5-8-9;;;/h2*3-8H,2H2,1H3;2*1H;/q2*-1;;;+4/p-2. The van der Waals surface area contributed by atoms with Crippen molar-refractivity contribution in [3.05, 3.63) is 71.8 Å². The Balaban J connectivity index is -0.000000270. The third-order valence-corrected chi connectivity index (χ3v) is 2.47. The van der Waals surface area contributed by atoms with Crippen LogP contribution < -0.4 is 24.8 Å². The molecule has 0 unspecified atom stereocenters. The van der Waals surface area contributed by atoms with Crippen LogP contribution in [0.1, 0.15) is 37.8 Å². The molecule has 0 bridgehead atoms. The van der Waals surface area contributed by atoms with Crippen molar-refractivity contribution in [2.24, 2.45) is 0 Å². The van der Waals surface area contributed by atoms with Gasteiger partial charge in [0.25, 0.3) is 0 Å². The summed E-state index contributed by atoms with van der Waals surface area (Å²) >= 11 is 0. The monoisotopic (exact) mass is 488 g/mol. The molecule has 0 aliphatic carbocycles. The van der Waals surface area contributed by atoms with E-state index in [0.29, 0.717) is 0 Å². The first-order chi connectivity index (χ1) is 8.86. The van der Waals surface area contributed by atoms with Crippen LogP contribution in [0.3, 0.4) is 0 Å². The van der Waals surface area contributed by atoms with Gasteiger partial charge in [-0.15, -0.1) is 12.2 Å². The largest absolute Gasteiger partial charge is 4.00 e. The molecule has 0 aliphatic heterocycles. The second kappa shape index (κ2) is 17.7. The van der Waals surface area contributed by atoms with E-state index >= 15 is 0 Å². The van der Waals surface area contributed by atoms with Gasteiger partial charge in [0, 0.05) is 0 Å². The summed E-state index contributed by atoms with van der Waals surface area (Å²) in [5, 5.41) is 0. The van der Waals surface area contributed by atoms with E-state index in [4.69, 9.17) is 0 Å². The third kappa shape index (κ3) is 13.0. The third-order valence-electron chi connectivity index (χ3n) is 2.47. The maximum atomic E-state index is 2.16. The van der Waals surface area contributed by atoms with Gasteiger partial charge >= 0.3 is 25.8 Å². The molecule has 0 radical (unpaired) electrons. The van der Waals surface area contributed by atoms with Gasteiger partial charge in [0.1, 0.15) is 0 Å². The van der Waals surface area contributed by atoms with Crippen molar-refractivity contribution in [1.82, 2.24) is 0 Å². The van der Waals surface area contributed by atoms with Crippen molar-refractivity contribution < 1.29 is 50.7 Å². The zero-order valence-electron chi connectivity index (χ0n) is 12.6. The number of halogens is 2. The summed E-state index contributed by atoms with van der Waals surface area (Å²) < 4.78 is 0. The molecule has 0 aromatic heterocycles. The molecule has 0 saturated heterocycles. The molecule has 0 fully saturated rings. The summed E-state index contributed by atoms with van der Waals surface area (Å²) in [6.45, 7) is 4.28. The molecule has 0 nitrogen and oxygen atoms in total. The second-order valence-electron chi connectivity index (χ2n) is 4.06. The Morgan fingerprint density at radius 2 is 1.19 bits per heavy atom. The Hall–Kier alpha value is -0.370. The van der Waals surface area contributed by atoms with E-state index < -0.39 is 0 Å².